The van der Waals surface area contributed by atoms with Gasteiger partial charge in [0.1, 0.15) is 17.6 Å². The van der Waals surface area contributed by atoms with Crippen molar-refractivity contribution in [2.75, 3.05) is 19.8 Å². The van der Waals surface area contributed by atoms with E-state index in [4.69, 9.17) is 14.2 Å². The molecule has 0 bridgehead atoms. The van der Waals surface area contributed by atoms with E-state index in [1.807, 2.05) is 42.6 Å². The lowest BCUT2D eigenvalue weighted by Gasteiger charge is -2.26. The third-order valence-electron chi connectivity index (χ3n) is 3.48. The van der Waals surface area contributed by atoms with Crippen LogP contribution in [0.15, 0.2) is 35.7 Å². The van der Waals surface area contributed by atoms with Gasteiger partial charge in [-0.05, 0) is 36.1 Å². The average Bonchev–Trinajstić information content (AvgIpc) is 3.03. The molecule has 1 aliphatic heterocycles. The first kappa shape index (κ1) is 16.3. The lowest BCUT2D eigenvalue weighted by molar-refractivity contribution is -0.124. The van der Waals surface area contributed by atoms with Gasteiger partial charge in [0.25, 0.3) is 5.91 Å². The SMILES string of the molecule is Cc1ccsc1C(=O)OCC(=O)NC[C@H]1COc2ccccc2O1. The predicted octanol–water partition coefficient (Wildman–Crippen LogP) is 2.17. The highest BCUT2D eigenvalue weighted by Gasteiger charge is 2.21. The topological polar surface area (TPSA) is 73.9 Å². The van der Waals surface area contributed by atoms with E-state index < -0.39 is 5.97 Å². The summed E-state index contributed by atoms with van der Waals surface area (Å²) >= 11 is 1.30. The second kappa shape index (κ2) is 7.35. The quantitative estimate of drug-likeness (QED) is 0.839. The molecule has 0 saturated heterocycles. The number of amides is 1. The van der Waals surface area contributed by atoms with E-state index in [1.54, 1.807) is 0 Å². The summed E-state index contributed by atoms with van der Waals surface area (Å²) in [5, 5.41) is 4.49. The monoisotopic (exact) mass is 347 g/mol. The molecule has 0 radical (unpaired) electrons. The zero-order valence-corrected chi connectivity index (χ0v) is 13.9. The van der Waals surface area contributed by atoms with Gasteiger partial charge in [-0.25, -0.2) is 4.79 Å². The molecule has 2 heterocycles. The molecule has 0 fully saturated rings. The Morgan fingerprint density at radius 3 is 2.83 bits per heavy atom. The van der Waals surface area contributed by atoms with Crippen molar-refractivity contribution in [3.8, 4) is 11.5 Å². The van der Waals surface area contributed by atoms with Gasteiger partial charge < -0.3 is 19.5 Å². The van der Waals surface area contributed by atoms with E-state index in [9.17, 15) is 9.59 Å². The van der Waals surface area contributed by atoms with Crippen LogP contribution in [-0.4, -0.2) is 37.7 Å². The molecule has 1 aromatic heterocycles. The minimum Gasteiger partial charge on any atom is -0.486 e. The molecule has 1 aliphatic rings. The van der Waals surface area contributed by atoms with Crippen molar-refractivity contribution >= 4 is 23.2 Å². The summed E-state index contributed by atoms with van der Waals surface area (Å²) in [4.78, 5) is 24.2. The molecule has 1 amide bonds. The predicted molar refractivity (Wildman–Crippen MR) is 88.7 cm³/mol. The number of carbonyl (C=O) groups is 2. The molecule has 7 heteroatoms. The molecule has 24 heavy (non-hydrogen) atoms. The Bertz CT molecular complexity index is 742. The summed E-state index contributed by atoms with van der Waals surface area (Å²) in [5.74, 6) is 0.492. The second-order valence-electron chi connectivity index (χ2n) is 5.31. The van der Waals surface area contributed by atoms with E-state index in [2.05, 4.69) is 5.32 Å². The van der Waals surface area contributed by atoms with Crippen LogP contribution in [0.3, 0.4) is 0 Å². The lowest BCUT2D eigenvalue weighted by Crippen LogP contribution is -2.42. The molecule has 1 aromatic carbocycles. The number of rotatable bonds is 5. The van der Waals surface area contributed by atoms with E-state index in [0.29, 0.717) is 23.0 Å². The highest BCUT2D eigenvalue weighted by molar-refractivity contribution is 7.12. The van der Waals surface area contributed by atoms with Crippen LogP contribution in [0.1, 0.15) is 15.2 Å². The molecule has 3 rings (SSSR count). The molecule has 6 nitrogen and oxygen atoms in total. The van der Waals surface area contributed by atoms with Gasteiger partial charge in [-0.2, -0.15) is 0 Å². The minimum absolute atomic E-state index is 0.279. The van der Waals surface area contributed by atoms with Crippen LogP contribution in [0, 0.1) is 6.92 Å². The van der Waals surface area contributed by atoms with Gasteiger partial charge in [0.15, 0.2) is 18.1 Å². The highest BCUT2D eigenvalue weighted by atomic mass is 32.1. The maximum absolute atomic E-state index is 11.8. The largest absolute Gasteiger partial charge is 0.486 e. The van der Waals surface area contributed by atoms with Crippen LogP contribution in [0.4, 0.5) is 0 Å². The van der Waals surface area contributed by atoms with Crippen LogP contribution in [0.5, 0.6) is 11.5 Å². The van der Waals surface area contributed by atoms with Gasteiger partial charge in [-0.3, -0.25) is 4.79 Å². The normalized spacial score (nSPS) is 15.6. The zero-order chi connectivity index (χ0) is 16.9. The van der Waals surface area contributed by atoms with Gasteiger partial charge in [0.05, 0.1) is 6.54 Å². The van der Waals surface area contributed by atoms with E-state index in [-0.39, 0.29) is 25.2 Å². The van der Waals surface area contributed by atoms with Gasteiger partial charge in [-0.1, -0.05) is 12.1 Å². The van der Waals surface area contributed by atoms with Crippen molar-refractivity contribution in [1.82, 2.24) is 5.32 Å². The average molecular weight is 347 g/mol. The second-order valence-corrected chi connectivity index (χ2v) is 6.23. The van der Waals surface area contributed by atoms with Crippen molar-refractivity contribution in [1.29, 1.82) is 0 Å². The number of para-hydroxylation sites is 2. The number of thiophene rings is 1. The summed E-state index contributed by atoms with van der Waals surface area (Å²) in [5.41, 5.74) is 0.844. The van der Waals surface area contributed by atoms with E-state index in [1.165, 1.54) is 11.3 Å². The molecule has 126 valence electrons. The number of ether oxygens (including phenoxy) is 3. The van der Waals surface area contributed by atoms with E-state index >= 15 is 0 Å². The summed E-state index contributed by atoms with van der Waals surface area (Å²) in [6, 6.07) is 9.20. The number of esters is 1. The maximum Gasteiger partial charge on any atom is 0.349 e. The molecule has 0 spiro atoms. The Hall–Kier alpha value is -2.54. The number of fused-ring (bicyclic) bond motifs is 1. The summed E-state index contributed by atoms with van der Waals surface area (Å²) in [7, 11) is 0. The van der Waals surface area contributed by atoms with Crippen LogP contribution in [0.25, 0.3) is 0 Å². The molecule has 0 aliphatic carbocycles. The Labute approximate surface area is 143 Å². The summed E-state index contributed by atoms with van der Waals surface area (Å²) in [6.07, 6.45) is -0.279. The van der Waals surface area contributed by atoms with Crippen LogP contribution in [0.2, 0.25) is 0 Å². The van der Waals surface area contributed by atoms with Crippen molar-refractivity contribution in [2.45, 2.75) is 13.0 Å². The Balaban J connectivity index is 1.42. The number of hydrogen-bond acceptors (Lipinski definition) is 6. The smallest absolute Gasteiger partial charge is 0.349 e. The number of hydrogen-bond donors (Lipinski definition) is 1. The summed E-state index contributed by atoms with van der Waals surface area (Å²) in [6.45, 7) is 2.14. The third-order valence-corrected chi connectivity index (χ3v) is 4.47. The number of carbonyl (C=O) groups excluding carboxylic acids is 2. The Kier molecular flexibility index (Phi) is 5.00. The van der Waals surface area contributed by atoms with E-state index in [0.717, 1.165) is 5.56 Å². The van der Waals surface area contributed by atoms with Crippen molar-refractivity contribution in [3.63, 3.8) is 0 Å². The first-order valence-corrected chi connectivity index (χ1v) is 8.38. The molecule has 1 atom stereocenters. The van der Waals surface area contributed by atoms with Crippen molar-refractivity contribution in [2.24, 2.45) is 0 Å². The molecule has 1 N–H and O–H groups in total. The Morgan fingerprint density at radius 1 is 1.29 bits per heavy atom. The fourth-order valence-corrected chi connectivity index (χ4v) is 3.04. The fourth-order valence-electron chi connectivity index (χ4n) is 2.22. The molecule has 2 aromatic rings. The molecular formula is C17H17NO5S. The number of benzene rings is 1. The fraction of sp³-hybridized carbons (Fsp3) is 0.294. The van der Waals surface area contributed by atoms with Crippen LogP contribution >= 0.6 is 11.3 Å². The first-order valence-electron chi connectivity index (χ1n) is 7.50. The van der Waals surface area contributed by atoms with Crippen LogP contribution < -0.4 is 14.8 Å². The van der Waals surface area contributed by atoms with Gasteiger partial charge in [-0.15, -0.1) is 11.3 Å². The van der Waals surface area contributed by atoms with Gasteiger partial charge in [0, 0.05) is 0 Å². The first-order chi connectivity index (χ1) is 11.6. The standard InChI is InChI=1S/C17H17NO5S/c1-11-6-7-24-16(11)17(20)22-10-15(19)18-8-12-9-21-13-4-2-3-5-14(13)23-12/h2-7,12H,8-10H2,1H3,(H,18,19)/t12-/m0/s1. The van der Waals surface area contributed by atoms with Crippen molar-refractivity contribution < 1.29 is 23.8 Å². The third kappa shape index (κ3) is 3.86. The zero-order valence-electron chi connectivity index (χ0n) is 13.1. The molecular weight excluding hydrogens is 330 g/mol. The van der Waals surface area contributed by atoms with Crippen LogP contribution in [-0.2, 0) is 9.53 Å². The lowest BCUT2D eigenvalue weighted by atomic mass is 10.2. The number of nitrogens with one attached hydrogen (secondary N) is 1. The molecule has 0 unspecified atom stereocenters. The van der Waals surface area contributed by atoms with Gasteiger partial charge >= 0.3 is 5.97 Å². The molecule has 0 saturated carbocycles. The summed E-state index contributed by atoms with van der Waals surface area (Å²) < 4.78 is 16.3. The Morgan fingerprint density at radius 2 is 2.08 bits per heavy atom. The highest BCUT2D eigenvalue weighted by Crippen LogP contribution is 2.30. The van der Waals surface area contributed by atoms with Gasteiger partial charge in [0.2, 0.25) is 0 Å². The minimum atomic E-state index is -0.483. The maximum atomic E-state index is 11.8. The number of aryl methyl sites for hydroxylation is 1. The van der Waals surface area contributed by atoms with Crippen molar-refractivity contribution in [3.05, 3.63) is 46.2 Å².